The first-order chi connectivity index (χ1) is 15.3. The summed E-state index contributed by atoms with van der Waals surface area (Å²) in [5, 5.41) is 12.7. The third-order valence-electron chi connectivity index (χ3n) is 4.85. The topological polar surface area (TPSA) is 62.1 Å². The van der Waals surface area contributed by atoms with Crippen LogP contribution >= 0.6 is 43.5 Å². The zero-order chi connectivity index (χ0) is 23.3. The maximum Gasteiger partial charge on any atom is 0.266 e. The molecule has 0 heterocycles. The highest BCUT2D eigenvalue weighted by Gasteiger charge is 2.14. The second-order valence-electron chi connectivity index (χ2n) is 7.10. The van der Waals surface area contributed by atoms with E-state index in [2.05, 4.69) is 37.2 Å². The molecule has 0 aliphatic heterocycles. The van der Waals surface area contributed by atoms with Gasteiger partial charge in [0.15, 0.2) is 5.75 Å². The van der Waals surface area contributed by atoms with Crippen LogP contribution in [0.3, 0.4) is 0 Å². The van der Waals surface area contributed by atoms with Gasteiger partial charge < -0.3 is 10.1 Å². The van der Waals surface area contributed by atoms with E-state index in [1.54, 1.807) is 18.2 Å². The Bertz CT molecular complexity index is 1210. The van der Waals surface area contributed by atoms with Gasteiger partial charge in [-0.25, -0.2) is 0 Å². The fourth-order valence-electron chi connectivity index (χ4n) is 2.93. The summed E-state index contributed by atoms with van der Waals surface area (Å²) in [7, 11) is 0. The molecule has 0 aliphatic carbocycles. The Kier molecular flexibility index (Phi) is 8.14. The highest BCUT2D eigenvalue weighted by Crippen LogP contribution is 2.36. The number of rotatable bonds is 6. The molecule has 162 valence electrons. The molecule has 0 unspecified atom stereocenters. The molecule has 0 spiro atoms. The molecule has 3 rings (SSSR count). The van der Waals surface area contributed by atoms with Gasteiger partial charge in [0.1, 0.15) is 18.2 Å². The lowest BCUT2D eigenvalue weighted by atomic mass is 10.1. The number of nitrogens with one attached hydrogen (secondary N) is 1. The first kappa shape index (κ1) is 24.1. The maximum atomic E-state index is 12.7. The number of nitriles is 1. The van der Waals surface area contributed by atoms with Crippen LogP contribution in [0, 0.1) is 25.2 Å². The quantitative estimate of drug-likeness (QED) is 0.244. The van der Waals surface area contributed by atoms with Crippen LogP contribution < -0.4 is 10.1 Å². The first-order valence-electron chi connectivity index (χ1n) is 9.64. The highest BCUT2D eigenvalue weighted by atomic mass is 79.9. The van der Waals surface area contributed by atoms with Gasteiger partial charge in [-0.2, -0.15) is 5.26 Å². The Hall–Kier alpha value is -2.59. The molecule has 0 fully saturated rings. The molecular weight excluding hydrogens is 556 g/mol. The van der Waals surface area contributed by atoms with Gasteiger partial charge in [-0.3, -0.25) is 4.79 Å². The minimum Gasteiger partial charge on any atom is -0.486 e. The lowest BCUT2D eigenvalue weighted by Gasteiger charge is -2.12. The summed E-state index contributed by atoms with van der Waals surface area (Å²) >= 11 is 13.3. The van der Waals surface area contributed by atoms with E-state index in [0.29, 0.717) is 33.1 Å². The van der Waals surface area contributed by atoms with Crippen molar-refractivity contribution in [2.45, 2.75) is 20.5 Å². The van der Waals surface area contributed by atoms with E-state index in [4.69, 9.17) is 16.3 Å². The third kappa shape index (κ3) is 6.01. The summed E-state index contributed by atoms with van der Waals surface area (Å²) in [6, 6.07) is 18.8. The Labute approximate surface area is 209 Å². The van der Waals surface area contributed by atoms with E-state index in [1.807, 2.05) is 56.3 Å². The summed E-state index contributed by atoms with van der Waals surface area (Å²) in [4.78, 5) is 12.7. The molecule has 4 nitrogen and oxygen atoms in total. The van der Waals surface area contributed by atoms with Crippen molar-refractivity contribution in [2.24, 2.45) is 0 Å². The first-order valence-corrected chi connectivity index (χ1v) is 11.6. The standard InChI is InChI=1S/C25H19Br2ClN2O2/c1-15-4-3-5-23(16(15)2)30-25(31)19(13-29)10-18-11-21(27)24(22(28)12-18)32-14-17-6-8-20(26)9-7-17/h3-12H,14H2,1-2H3,(H,30,31)/b19-10+. The number of halogens is 3. The van der Waals surface area contributed by atoms with Crippen molar-refractivity contribution >= 4 is 61.1 Å². The predicted octanol–water partition coefficient (Wildman–Crippen LogP) is 7.61. The summed E-state index contributed by atoms with van der Waals surface area (Å²) in [6.07, 6.45) is 1.50. The smallest absolute Gasteiger partial charge is 0.266 e. The summed E-state index contributed by atoms with van der Waals surface area (Å²) in [5.41, 5.74) is 4.25. The van der Waals surface area contributed by atoms with Crippen LogP contribution in [-0.4, -0.2) is 5.91 Å². The van der Waals surface area contributed by atoms with E-state index in [0.717, 1.165) is 21.2 Å². The molecule has 0 saturated heterocycles. The Balaban J connectivity index is 1.78. The number of carbonyl (C=O) groups excluding carboxylic acids is 1. The van der Waals surface area contributed by atoms with Crippen molar-refractivity contribution in [1.82, 2.24) is 0 Å². The van der Waals surface area contributed by atoms with Crippen LogP contribution in [0.15, 0.2) is 69.1 Å². The molecule has 0 aliphatic rings. The third-order valence-corrected chi connectivity index (χ3v) is 6.24. The molecule has 0 bridgehead atoms. The number of hydrogen-bond acceptors (Lipinski definition) is 3. The molecular formula is C25H19Br2ClN2O2. The van der Waals surface area contributed by atoms with Gasteiger partial charge in [0.25, 0.3) is 5.91 Å². The van der Waals surface area contributed by atoms with Gasteiger partial charge in [0.05, 0.1) is 9.50 Å². The van der Waals surface area contributed by atoms with Gasteiger partial charge in [-0.15, -0.1) is 0 Å². The summed E-state index contributed by atoms with van der Waals surface area (Å²) in [5.74, 6) is 0.00842. The number of benzene rings is 3. The van der Waals surface area contributed by atoms with Crippen molar-refractivity contribution in [3.63, 3.8) is 0 Å². The van der Waals surface area contributed by atoms with Crippen LogP contribution in [0.25, 0.3) is 6.08 Å². The number of hydrogen-bond donors (Lipinski definition) is 1. The molecule has 0 atom stereocenters. The fourth-order valence-corrected chi connectivity index (χ4v) is 4.18. The van der Waals surface area contributed by atoms with Crippen LogP contribution in [0.1, 0.15) is 22.3 Å². The second kappa shape index (κ2) is 10.8. The highest BCUT2D eigenvalue weighted by molar-refractivity contribution is 9.10. The Morgan fingerprint density at radius 2 is 1.88 bits per heavy atom. The lowest BCUT2D eigenvalue weighted by Crippen LogP contribution is -2.14. The zero-order valence-electron chi connectivity index (χ0n) is 17.4. The van der Waals surface area contributed by atoms with E-state index >= 15 is 0 Å². The molecule has 3 aromatic carbocycles. The number of aryl methyl sites for hydroxylation is 1. The summed E-state index contributed by atoms with van der Waals surface area (Å²) < 4.78 is 7.49. The normalized spacial score (nSPS) is 11.1. The fraction of sp³-hybridized carbons (Fsp3) is 0.120. The minimum absolute atomic E-state index is 0.0302. The van der Waals surface area contributed by atoms with E-state index in [9.17, 15) is 10.1 Å². The minimum atomic E-state index is -0.482. The van der Waals surface area contributed by atoms with Crippen molar-refractivity contribution in [3.05, 3.63) is 96.4 Å². The number of ether oxygens (including phenoxy) is 1. The number of amides is 1. The van der Waals surface area contributed by atoms with Crippen LogP contribution in [0.4, 0.5) is 5.69 Å². The molecule has 0 radical (unpaired) electrons. The van der Waals surface area contributed by atoms with E-state index in [1.165, 1.54) is 6.08 Å². The summed E-state index contributed by atoms with van der Waals surface area (Å²) in [6.45, 7) is 4.24. The lowest BCUT2D eigenvalue weighted by molar-refractivity contribution is -0.112. The van der Waals surface area contributed by atoms with Crippen molar-refractivity contribution in [1.29, 1.82) is 5.26 Å². The van der Waals surface area contributed by atoms with Gasteiger partial charge in [0, 0.05) is 10.2 Å². The average molecular weight is 575 g/mol. The van der Waals surface area contributed by atoms with Crippen molar-refractivity contribution in [2.75, 3.05) is 5.32 Å². The van der Waals surface area contributed by atoms with Crippen molar-refractivity contribution in [3.8, 4) is 11.8 Å². The Morgan fingerprint density at radius 1 is 1.16 bits per heavy atom. The molecule has 7 heteroatoms. The van der Waals surface area contributed by atoms with Gasteiger partial charge in [0.2, 0.25) is 0 Å². The molecule has 3 aromatic rings. The Morgan fingerprint density at radius 3 is 2.53 bits per heavy atom. The van der Waals surface area contributed by atoms with Gasteiger partial charge >= 0.3 is 0 Å². The molecule has 1 N–H and O–H groups in total. The molecule has 0 saturated carbocycles. The molecule has 0 aromatic heterocycles. The maximum absolute atomic E-state index is 12.7. The van der Waals surface area contributed by atoms with Gasteiger partial charge in [-0.1, -0.05) is 51.8 Å². The largest absolute Gasteiger partial charge is 0.486 e. The average Bonchev–Trinajstić information content (AvgIpc) is 2.76. The van der Waals surface area contributed by atoms with Crippen LogP contribution in [0.2, 0.25) is 5.02 Å². The molecule has 1 amide bonds. The number of anilines is 1. The van der Waals surface area contributed by atoms with Crippen molar-refractivity contribution < 1.29 is 9.53 Å². The van der Waals surface area contributed by atoms with Crippen LogP contribution in [0.5, 0.6) is 5.75 Å². The molecule has 32 heavy (non-hydrogen) atoms. The zero-order valence-corrected chi connectivity index (χ0v) is 21.3. The van der Waals surface area contributed by atoms with E-state index in [-0.39, 0.29) is 5.57 Å². The predicted molar refractivity (Wildman–Crippen MR) is 136 cm³/mol. The van der Waals surface area contributed by atoms with E-state index < -0.39 is 5.91 Å². The monoisotopic (exact) mass is 572 g/mol. The SMILES string of the molecule is Cc1cccc(NC(=O)/C(C#N)=C/c2cc(Cl)c(OCc3ccc(Br)cc3)c(Br)c2)c1C. The number of carbonyl (C=O) groups is 1. The van der Waals surface area contributed by atoms with Gasteiger partial charge in [-0.05, 0) is 88.4 Å². The second-order valence-corrected chi connectivity index (χ2v) is 9.28. The van der Waals surface area contributed by atoms with Crippen LogP contribution in [-0.2, 0) is 11.4 Å². The number of nitrogens with zero attached hydrogens (tertiary/aromatic N) is 1.